The first-order valence-corrected chi connectivity index (χ1v) is 17.0. The molecule has 52 heavy (non-hydrogen) atoms. The predicted molar refractivity (Wildman–Crippen MR) is 207 cm³/mol. The highest BCUT2D eigenvalue weighted by molar-refractivity contribution is 6.15. The molecule has 0 saturated carbocycles. The highest BCUT2D eigenvalue weighted by atomic mass is 19.1. The Balaban J connectivity index is 1.28. The van der Waals surface area contributed by atoms with E-state index in [1.165, 1.54) is 58.1 Å². The van der Waals surface area contributed by atoms with Crippen molar-refractivity contribution in [1.29, 1.82) is 5.41 Å². The molecule has 1 aromatic heterocycles. The number of nitrogens with one attached hydrogen (secondary N) is 1. The number of para-hydroxylation sites is 1. The quantitative estimate of drug-likeness (QED) is 0.139. The molecule has 0 bridgehead atoms. The first kappa shape index (κ1) is 31.2. The van der Waals surface area contributed by atoms with Gasteiger partial charge in [-0.15, -0.1) is 0 Å². The molecule has 1 aliphatic carbocycles. The zero-order chi connectivity index (χ0) is 35.2. The van der Waals surface area contributed by atoms with Crippen LogP contribution in [-0.4, -0.2) is 22.6 Å². The number of aliphatic imine (C=N–C) groups is 2. The van der Waals surface area contributed by atoms with Gasteiger partial charge < -0.3 is 0 Å². The van der Waals surface area contributed by atoms with Gasteiger partial charge >= 0.3 is 0 Å². The fourth-order valence-electron chi connectivity index (χ4n) is 7.78. The highest BCUT2D eigenvalue weighted by Gasteiger charge is 2.46. The van der Waals surface area contributed by atoms with Crippen LogP contribution in [0, 0.1) is 17.0 Å². The molecule has 8 aromatic rings. The van der Waals surface area contributed by atoms with Gasteiger partial charge in [0, 0.05) is 21.9 Å². The van der Waals surface area contributed by atoms with Crippen LogP contribution in [0.15, 0.2) is 180 Å². The first-order chi connectivity index (χ1) is 25.5. The van der Waals surface area contributed by atoms with Gasteiger partial charge in [-0.25, -0.2) is 18.8 Å². The summed E-state index contributed by atoms with van der Waals surface area (Å²) in [5.41, 5.74) is 9.07. The highest BCUT2D eigenvalue weighted by Crippen LogP contribution is 2.56. The molecule has 1 N–H and O–H groups in total. The summed E-state index contributed by atoms with van der Waals surface area (Å²) in [6.07, 6.45) is 1.68. The van der Waals surface area contributed by atoms with E-state index in [-0.39, 0.29) is 17.2 Å². The zero-order valence-electron chi connectivity index (χ0n) is 27.8. The summed E-state index contributed by atoms with van der Waals surface area (Å²) < 4.78 is 30.7. The molecule has 7 aromatic carbocycles. The van der Waals surface area contributed by atoms with Crippen molar-refractivity contribution in [2.24, 2.45) is 9.98 Å². The zero-order valence-corrected chi connectivity index (χ0v) is 27.8. The lowest BCUT2D eigenvalue weighted by Gasteiger charge is -2.34. The fraction of sp³-hybridized carbons (Fsp3) is 0.0217. The number of amidine groups is 2. The van der Waals surface area contributed by atoms with Gasteiger partial charge in [0.15, 0.2) is 11.7 Å². The summed E-state index contributed by atoms with van der Waals surface area (Å²) in [4.78, 5) is 9.32. The van der Waals surface area contributed by atoms with E-state index in [9.17, 15) is 8.78 Å². The summed E-state index contributed by atoms with van der Waals surface area (Å²) in [6.45, 7) is 0. The van der Waals surface area contributed by atoms with Crippen molar-refractivity contribution in [3.8, 4) is 11.1 Å². The summed E-state index contributed by atoms with van der Waals surface area (Å²) in [5, 5.41) is 10.8. The number of halogens is 2. The van der Waals surface area contributed by atoms with Crippen LogP contribution in [0.25, 0.3) is 32.9 Å². The van der Waals surface area contributed by atoms with E-state index >= 15 is 0 Å². The molecule has 9 rings (SSSR count). The van der Waals surface area contributed by atoms with Crippen molar-refractivity contribution in [2.45, 2.75) is 5.41 Å². The van der Waals surface area contributed by atoms with Gasteiger partial charge in [-0.05, 0) is 69.8 Å². The third kappa shape index (κ3) is 4.99. The van der Waals surface area contributed by atoms with Crippen molar-refractivity contribution in [3.63, 3.8) is 0 Å². The Morgan fingerprint density at radius 2 is 1.13 bits per heavy atom. The lowest BCUT2D eigenvalue weighted by Crippen LogP contribution is -2.28. The Hall–Kier alpha value is -6.79. The van der Waals surface area contributed by atoms with Crippen molar-refractivity contribution in [3.05, 3.63) is 215 Å². The monoisotopic (exact) mass is 676 g/mol. The number of nitrogens with zero attached hydrogens (tertiary/aromatic N) is 3. The number of fused-ring (bicyclic) bond motifs is 6. The maximum absolute atomic E-state index is 14.5. The van der Waals surface area contributed by atoms with Crippen LogP contribution < -0.4 is 0 Å². The van der Waals surface area contributed by atoms with Gasteiger partial charge in [0.05, 0.1) is 16.4 Å². The van der Waals surface area contributed by atoms with E-state index in [0.717, 1.165) is 27.4 Å². The van der Waals surface area contributed by atoms with E-state index < -0.39 is 17.0 Å². The molecule has 0 spiro atoms. The minimum absolute atomic E-state index is 0.121. The average molecular weight is 677 g/mol. The van der Waals surface area contributed by atoms with Gasteiger partial charge in [0.25, 0.3) is 0 Å². The van der Waals surface area contributed by atoms with E-state index in [1.54, 1.807) is 24.5 Å². The largest absolute Gasteiger partial charge is 0.300 e. The normalized spacial score (nSPS) is 13.5. The maximum Gasteiger partial charge on any atom is 0.163 e. The summed E-state index contributed by atoms with van der Waals surface area (Å²) in [5.74, 6) is -1.00. The van der Waals surface area contributed by atoms with Gasteiger partial charge in [-0.1, -0.05) is 133 Å². The molecule has 4 nitrogen and oxygen atoms in total. The lowest BCUT2D eigenvalue weighted by molar-refractivity contribution is 0.627. The second-order valence-corrected chi connectivity index (χ2v) is 12.9. The first-order valence-electron chi connectivity index (χ1n) is 17.0. The molecular formula is C46H30F2N4. The minimum atomic E-state index is -0.588. The fourth-order valence-corrected chi connectivity index (χ4v) is 7.78. The van der Waals surface area contributed by atoms with E-state index in [0.29, 0.717) is 5.56 Å². The number of benzene rings is 7. The van der Waals surface area contributed by atoms with Crippen LogP contribution in [0.2, 0.25) is 0 Å². The molecule has 0 unspecified atom stereocenters. The van der Waals surface area contributed by atoms with Gasteiger partial charge in [-0.2, -0.15) is 0 Å². The Morgan fingerprint density at radius 3 is 1.85 bits per heavy atom. The second kappa shape index (κ2) is 12.5. The molecule has 1 heterocycles. The van der Waals surface area contributed by atoms with Crippen molar-refractivity contribution < 1.29 is 8.78 Å². The van der Waals surface area contributed by atoms with Gasteiger partial charge in [-0.3, -0.25) is 9.98 Å². The Kier molecular flexibility index (Phi) is 7.51. The van der Waals surface area contributed by atoms with E-state index in [4.69, 9.17) is 10.4 Å². The SMILES string of the molecule is N=C(N=C(N=Cn1c2ccccc2c2ccc(C3(c4ccccc4)c4ccccc4-c4ccccc43)cc21)c1cccc(F)c1)c1cccc(F)c1. The summed E-state index contributed by atoms with van der Waals surface area (Å²) in [6, 6.07) is 54.4. The van der Waals surface area contributed by atoms with Crippen LogP contribution in [0.4, 0.5) is 8.78 Å². The summed E-state index contributed by atoms with van der Waals surface area (Å²) >= 11 is 0. The maximum atomic E-state index is 14.5. The second-order valence-electron chi connectivity index (χ2n) is 12.9. The third-order valence-corrected chi connectivity index (χ3v) is 10.00. The molecule has 0 fully saturated rings. The van der Waals surface area contributed by atoms with Crippen molar-refractivity contribution >= 4 is 39.8 Å². The Morgan fingerprint density at radius 1 is 0.538 bits per heavy atom. The third-order valence-electron chi connectivity index (χ3n) is 10.00. The average Bonchev–Trinajstić information content (AvgIpc) is 3.67. The molecule has 0 atom stereocenters. The predicted octanol–water partition coefficient (Wildman–Crippen LogP) is 10.8. The number of hydrogen-bond acceptors (Lipinski definition) is 1. The Bertz CT molecular complexity index is 2700. The van der Waals surface area contributed by atoms with E-state index in [1.807, 2.05) is 28.8 Å². The minimum Gasteiger partial charge on any atom is -0.300 e. The topological polar surface area (TPSA) is 53.5 Å². The number of rotatable bonds is 5. The molecule has 0 radical (unpaired) electrons. The van der Waals surface area contributed by atoms with Crippen LogP contribution >= 0.6 is 0 Å². The smallest absolute Gasteiger partial charge is 0.163 e. The number of aromatic nitrogens is 1. The van der Waals surface area contributed by atoms with E-state index in [2.05, 4.69) is 102 Å². The molecule has 6 heteroatoms. The number of hydrogen-bond donors (Lipinski definition) is 1. The van der Waals surface area contributed by atoms with Crippen LogP contribution in [0.5, 0.6) is 0 Å². The molecule has 248 valence electrons. The van der Waals surface area contributed by atoms with Crippen molar-refractivity contribution in [2.75, 3.05) is 0 Å². The Labute approximate surface area is 299 Å². The van der Waals surface area contributed by atoms with Gasteiger partial charge in [0.2, 0.25) is 0 Å². The molecule has 0 saturated heterocycles. The summed E-state index contributed by atoms with van der Waals surface area (Å²) in [7, 11) is 0. The van der Waals surface area contributed by atoms with Crippen LogP contribution in [0.3, 0.4) is 0 Å². The van der Waals surface area contributed by atoms with Crippen molar-refractivity contribution in [1.82, 2.24) is 4.57 Å². The van der Waals surface area contributed by atoms with Crippen LogP contribution in [0.1, 0.15) is 33.4 Å². The molecule has 0 amide bonds. The molecule has 0 aliphatic heterocycles. The van der Waals surface area contributed by atoms with Crippen LogP contribution in [-0.2, 0) is 5.41 Å². The lowest BCUT2D eigenvalue weighted by atomic mass is 9.67. The molecule has 1 aliphatic rings. The van der Waals surface area contributed by atoms with Gasteiger partial charge in [0.1, 0.15) is 18.0 Å². The molecular weight excluding hydrogens is 647 g/mol. The standard InChI is InChI=1S/C46H30F2N4/c47-34-16-10-12-30(26-34)44(49)51-45(31-13-11-17-35(48)27-31)50-29-52-42-23-9-6-20-38(42)39-25-24-33(28-43(39)52)46(32-14-2-1-3-15-32)40-21-7-4-18-36(40)37-19-5-8-22-41(37)46/h1-29,49H.